The van der Waals surface area contributed by atoms with Crippen LogP contribution in [0.15, 0.2) is 150 Å². The van der Waals surface area contributed by atoms with Crippen molar-refractivity contribution in [3.05, 3.63) is 162 Å². The van der Waals surface area contributed by atoms with Crippen molar-refractivity contribution in [2.45, 2.75) is 77.6 Å². The summed E-state index contributed by atoms with van der Waals surface area (Å²) in [6, 6.07) is 54.8. The largest absolute Gasteiger partial charge is 0.466 e. The summed E-state index contributed by atoms with van der Waals surface area (Å²) in [6.07, 6.45) is 2.30. The van der Waals surface area contributed by atoms with Gasteiger partial charge in [-0.2, -0.15) is 0 Å². The first-order valence-corrected chi connectivity index (χ1v) is 21.8. The number of hydrogen-bond acceptors (Lipinski definition) is 2. The molecule has 4 heteroatoms. The fourth-order valence-corrected chi connectivity index (χ4v) is 11.0. The molecule has 3 aliphatic rings. The van der Waals surface area contributed by atoms with Crippen molar-refractivity contribution in [1.29, 1.82) is 0 Å². The first kappa shape index (κ1) is 35.7. The lowest BCUT2D eigenvalue weighted by Gasteiger charge is -2.42. The molecule has 0 amide bonds. The van der Waals surface area contributed by atoms with Gasteiger partial charge in [0.05, 0.1) is 11.4 Å². The normalized spacial score (nSPS) is 16.0. The van der Waals surface area contributed by atoms with E-state index in [1.807, 2.05) is 0 Å². The molecule has 0 unspecified atom stereocenters. The molecule has 2 aliphatic heterocycles. The number of fused-ring (bicyclic) bond motifs is 10. The highest BCUT2D eigenvalue weighted by atomic mass is 16.3. The van der Waals surface area contributed by atoms with Crippen LogP contribution in [0.1, 0.15) is 78.0 Å². The highest BCUT2D eigenvalue weighted by molar-refractivity contribution is 6.89. The van der Waals surface area contributed by atoms with E-state index in [0.29, 0.717) is 0 Å². The number of benzene rings is 7. The number of furan rings is 1. The van der Waals surface area contributed by atoms with Crippen LogP contribution in [0.3, 0.4) is 0 Å². The van der Waals surface area contributed by atoms with Gasteiger partial charge in [-0.25, -0.2) is 0 Å². The molecular weight excluding hydrogens is 727 g/mol. The Bertz CT molecular complexity index is 3250. The van der Waals surface area contributed by atoms with Gasteiger partial charge in [0.25, 0.3) is 0 Å². The van der Waals surface area contributed by atoms with Gasteiger partial charge in [-0.3, -0.25) is 0 Å². The average molecular weight is 777 g/mol. The highest BCUT2D eigenvalue weighted by Gasteiger charge is 2.48. The number of anilines is 3. The maximum Gasteiger partial charge on any atom is 0.375 e. The van der Waals surface area contributed by atoms with Crippen LogP contribution in [-0.2, 0) is 16.2 Å². The molecule has 60 heavy (non-hydrogen) atoms. The molecular formula is C56H49BN2O. The van der Waals surface area contributed by atoms with Gasteiger partial charge in [-0.05, 0) is 116 Å². The smallest absolute Gasteiger partial charge is 0.375 e. The van der Waals surface area contributed by atoms with Crippen molar-refractivity contribution in [1.82, 2.24) is 4.48 Å². The molecule has 7 aromatic carbocycles. The standard InChI is InChI=1S/C56H49BN2O/c1-54(2,3)37-25-26-46(41(31-37)35-19-12-9-13-20-35)58-48-30-36(34-17-10-8-11-18-34)29-42-40-23-16-22-39-38-21-14-15-24-47(38)59(51(39)40)57(50(42)48)53-52(58)43-32-44-45(33-49(43)60-53)56(6,7)28-27-55(44,4)5/h8-26,29-33H,27-28H2,1-7H3. The van der Waals surface area contributed by atoms with Crippen molar-refractivity contribution in [2.24, 2.45) is 0 Å². The average Bonchev–Trinajstić information content (AvgIpc) is 3.80. The molecule has 0 radical (unpaired) electrons. The fraction of sp³-hybridized carbons (Fsp3) is 0.214. The van der Waals surface area contributed by atoms with E-state index in [1.54, 1.807) is 0 Å². The van der Waals surface area contributed by atoms with E-state index in [4.69, 9.17) is 4.42 Å². The second-order valence-electron chi connectivity index (χ2n) is 20.0. The molecule has 0 N–H and O–H groups in total. The predicted molar refractivity (Wildman–Crippen MR) is 255 cm³/mol. The van der Waals surface area contributed by atoms with Crippen LogP contribution in [0.4, 0.5) is 17.1 Å². The van der Waals surface area contributed by atoms with E-state index >= 15 is 0 Å². The van der Waals surface area contributed by atoms with Crippen molar-refractivity contribution >= 4 is 67.8 Å². The van der Waals surface area contributed by atoms with Gasteiger partial charge < -0.3 is 13.8 Å². The summed E-state index contributed by atoms with van der Waals surface area (Å²) in [5, 5.41) is 3.73. The summed E-state index contributed by atoms with van der Waals surface area (Å²) in [6.45, 7) is 16.5. The van der Waals surface area contributed by atoms with Crippen LogP contribution in [0.25, 0.3) is 66.2 Å². The van der Waals surface area contributed by atoms with E-state index < -0.39 is 0 Å². The molecule has 2 aromatic heterocycles. The maximum atomic E-state index is 7.56. The van der Waals surface area contributed by atoms with Gasteiger partial charge in [0.1, 0.15) is 11.2 Å². The molecule has 4 heterocycles. The van der Waals surface area contributed by atoms with Gasteiger partial charge in [-0.15, -0.1) is 0 Å². The zero-order valence-corrected chi connectivity index (χ0v) is 35.7. The Hall–Kier alpha value is -6.26. The second-order valence-corrected chi connectivity index (χ2v) is 20.0. The van der Waals surface area contributed by atoms with Crippen molar-refractivity contribution < 1.29 is 4.42 Å². The van der Waals surface area contributed by atoms with Crippen LogP contribution in [0.5, 0.6) is 0 Å². The Kier molecular flexibility index (Phi) is 7.23. The van der Waals surface area contributed by atoms with Crippen LogP contribution in [0, 0.1) is 0 Å². The van der Waals surface area contributed by atoms with Gasteiger partial charge in [0.15, 0.2) is 0 Å². The third-order valence-corrected chi connectivity index (χ3v) is 14.4. The Morgan fingerprint density at radius 2 is 1.22 bits per heavy atom. The molecule has 0 fully saturated rings. The molecule has 0 bridgehead atoms. The SMILES string of the molecule is CC(C)(C)c1ccc(N2c3cc(-c4ccccc4)cc4c3B(c3oc5cc6c(cc5c32)C(C)(C)CCC6(C)C)n2c3ccccc3c3cccc-4c32)c(-c2ccccc2)c1. The molecule has 0 saturated carbocycles. The number of hydrogen-bond donors (Lipinski definition) is 0. The van der Waals surface area contributed by atoms with Crippen molar-refractivity contribution in [2.75, 3.05) is 4.90 Å². The molecule has 3 nitrogen and oxygen atoms in total. The van der Waals surface area contributed by atoms with E-state index in [0.717, 1.165) is 35.5 Å². The van der Waals surface area contributed by atoms with Crippen LogP contribution in [0.2, 0.25) is 0 Å². The van der Waals surface area contributed by atoms with E-state index in [9.17, 15) is 0 Å². The topological polar surface area (TPSA) is 21.3 Å². The summed E-state index contributed by atoms with van der Waals surface area (Å²) >= 11 is 0. The number of rotatable bonds is 3. The van der Waals surface area contributed by atoms with Crippen LogP contribution < -0.4 is 16.0 Å². The number of nitrogens with zero attached hydrogens (tertiary/aromatic N) is 2. The van der Waals surface area contributed by atoms with Gasteiger partial charge in [0.2, 0.25) is 0 Å². The highest BCUT2D eigenvalue weighted by Crippen LogP contribution is 2.53. The third-order valence-electron chi connectivity index (χ3n) is 14.4. The summed E-state index contributed by atoms with van der Waals surface area (Å²) in [5.74, 6) is 0. The number of aromatic nitrogens is 1. The molecule has 9 aromatic rings. The summed E-state index contributed by atoms with van der Waals surface area (Å²) in [7, 11) is 0. The molecule has 0 saturated heterocycles. The second kappa shape index (κ2) is 12.2. The maximum absolute atomic E-state index is 7.56. The van der Waals surface area contributed by atoms with Crippen molar-refractivity contribution in [3.63, 3.8) is 0 Å². The lowest BCUT2D eigenvalue weighted by Crippen LogP contribution is -2.56. The van der Waals surface area contributed by atoms with Crippen LogP contribution in [-0.4, -0.2) is 11.3 Å². The first-order valence-electron chi connectivity index (χ1n) is 21.8. The molecule has 0 atom stereocenters. The Morgan fingerprint density at radius 3 is 1.95 bits per heavy atom. The lowest BCUT2D eigenvalue weighted by molar-refractivity contribution is 0.332. The Morgan fingerprint density at radius 1 is 0.550 bits per heavy atom. The zero-order chi connectivity index (χ0) is 40.9. The molecule has 0 spiro atoms. The van der Waals surface area contributed by atoms with E-state index in [-0.39, 0.29) is 23.1 Å². The van der Waals surface area contributed by atoms with Gasteiger partial charge >= 0.3 is 6.85 Å². The lowest BCUT2D eigenvalue weighted by atomic mass is 9.47. The third kappa shape index (κ3) is 4.91. The number of para-hydroxylation sites is 2. The summed E-state index contributed by atoms with van der Waals surface area (Å²) in [4.78, 5) is 2.60. The Balaban J connectivity index is 1.28. The van der Waals surface area contributed by atoms with Crippen LogP contribution >= 0.6 is 0 Å². The van der Waals surface area contributed by atoms with E-state index in [2.05, 4.69) is 203 Å². The summed E-state index contributed by atoms with van der Waals surface area (Å²) < 4.78 is 10.2. The quantitative estimate of drug-likeness (QED) is 0.167. The minimum atomic E-state index is -0.178. The van der Waals surface area contributed by atoms with Crippen molar-refractivity contribution in [3.8, 4) is 33.4 Å². The Labute approximate surface area is 353 Å². The minimum absolute atomic E-state index is 0.0308. The van der Waals surface area contributed by atoms with Gasteiger partial charge in [-0.1, -0.05) is 152 Å². The predicted octanol–water partition coefficient (Wildman–Crippen LogP) is 13.9. The monoisotopic (exact) mass is 776 g/mol. The zero-order valence-electron chi connectivity index (χ0n) is 35.7. The molecule has 1 aliphatic carbocycles. The molecule has 292 valence electrons. The van der Waals surface area contributed by atoms with Gasteiger partial charge in [0, 0.05) is 44.0 Å². The first-order chi connectivity index (χ1) is 28.9. The summed E-state index contributed by atoms with van der Waals surface area (Å²) in [5.41, 5.74) is 20.8. The molecule has 12 rings (SSSR count). The fourth-order valence-electron chi connectivity index (χ4n) is 11.0. The van der Waals surface area contributed by atoms with E-state index in [1.165, 1.54) is 88.4 Å². The minimum Gasteiger partial charge on any atom is -0.466 e.